The Balaban J connectivity index is 1.36. The lowest BCUT2D eigenvalue weighted by atomic mass is 9.93. The molecule has 1 saturated heterocycles. The molecule has 0 bridgehead atoms. The van der Waals surface area contributed by atoms with E-state index in [0.717, 1.165) is 48.3 Å². The Morgan fingerprint density at radius 1 is 1.23 bits per heavy atom. The molecule has 1 atom stereocenters. The van der Waals surface area contributed by atoms with Gasteiger partial charge < -0.3 is 10.2 Å². The summed E-state index contributed by atoms with van der Waals surface area (Å²) in [4.78, 5) is 20.3. The molecular formula is C28H31FN5O+. The van der Waals surface area contributed by atoms with Crippen LogP contribution in [0.5, 0.6) is 0 Å². The third kappa shape index (κ3) is 4.73. The number of benzene rings is 1. The van der Waals surface area contributed by atoms with Gasteiger partial charge in [-0.2, -0.15) is 0 Å². The molecule has 0 spiro atoms. The van der Waals surface area contributed by atoms with Gasteiger partial charge in [0, 0.05) is 48.6 Å². The number of pyridine rings is 1. The van der Waals surface area contributed by atoms with Crippen molar-refractivity contribution in [3.8, 4) is 11.3 Å². The first-order chi connectivity index (χ1) is 16.9. The fraction of sp³-hybridized carbons (Fsp3) is 0.357. The highest BCUT2D eigenvalue weighted by Crippen LogP contribution is 2.33. The van der Waals surface area contributed by atoms with Crippen LogP contribution >= 0.6 is 0 Å². The summed E-state index contributed by atoms with van der Waals surface area (Å²) in [6, 6.07) is 9.38. The van der Waals surface area contributed by atoms with Crippen molar-refractivity contribution >= 4 is 11.5 Å². The summed E-state index contributed by atoms with van der Waals surface area (Å²) in [5.41, 5.74) is 4.74. The van der Waals surface area contributed by atoms with E-state index in [4.69, 9.17) is 0 Å². The van der Waals surface area contributed by atoms with Crippen LogP contribution in [0.25, 0.3) is 16.8 Å². The van der Waals surface area contributed by atoms with Gasteiger partial charge in [-0.15, -0.1) is 0 Å². The molecule has 1 amide bonds. The van der Waals surface area contributed by atoms with Crippen molar-refractivity contribution < 1.29 is 13.9 Å². The SMILES string of the molecule is Cc1cc(-c2ncccc2C2=CC3C(C(=O)NC4CCN(C(C)C)CC4)=CN=[N+]3C=C2)ccc1F. The van der Waals surface area contributed by atoms with Crippen LogP contribution in [0.2, 0.25) is 0 Å². The van der Waals surface area contributed by atoms with Crippen molar-refractivity contribution in [2.75, 3.05) is 13.1 Å². The van der Waals surface area contributed by atoms with Crippen LogP contribution in [-0.2, 0) is 4.79 Å². The number of carbonyl (C=O) groups is 1. The molecule has 1 N–H and O–H groups in total. The molecule has 1 fully saturated rings. The number of fused-ring (bicyclic) bond motifs is 1. The van der Waals surface area contributed by atoms with Gasteiger partial charge in [0.2, 0.25) is 6.04 Å². The van der Waals surface area contributed by atoms with Gasteiger partial charge in [-0.05, 0) is 80.2 Å². The fourth-order valence-corrected chi connectivity index (χ4v) is 4.96. The molecule has 1 unspecified atom stereocenters. The molecule has 6 nitrogen and oxygen atoms in total. The Morgan fingerprint density at radius 2 is 2.03 bits per heavy atom. The van der Waals surface area contributed by atoms with E-state index in [0.29, 0.717) is 17.2 Å². The van der Waals surface area contributed by atoms with Crippen LogP contribution < -0.4 is 5.32 Å². The van der Waals surface area contributed by atoms with E-state index in [1.54, 1.807) is 30.1 Å². The predicted molar refractivity (Wildman–Crippen MR) is 134 cm³/mol. The van der Waals surface area contributed by atoms with Crippen molar-refractivity contribution in [3.63, 3.8) is 0 Å². The summed E-state index contributed by atoms with van der Waals surface area (Å²) in [7, 11) is 0. The summed E-state index contributed by atoms with van der Waals surface area (Å²) in [5.74, 6) is -0.294. The maximum atomic E-state index is 13.9. The fourth-order valence-electron chi connectivity index (χ4n) is 4.96. The minimum absolute atomic E-state index is 0.0595. The maximum Gasteiger partial charge on any atom is 0.256 e. The van der Waals surface area contributed by atoms with Crippen LogP contribution in [0, 0.1) is 12.7 Å². The van der Waals surface area contributed by atoms with Gasteiger partial charge in [0.25, 0.3) is 5.91 Å². The van der Waals surface area contributed by atoms with Gasteiger partial charge in [0.05, 0.1) is 5.69 Å². The zero-order valence-electron chi connectivity index (χ0n) is 20.4. The highest BCUT2D eigenvalue weighted by atomic mass is 19.1. The van der Waals surface area contributed by atoms with E-state index >= 15 is 0 Å². The normalized spacial score (nSPS) is 20.4. The number of nitrogens with one attached hydrogen (secondary N) is 1. The molecule has 35 heavy (non-hydrogen) atoms. The van der Waals surface area contributed by atoms with E-state index in [2.05, 4.69) is 40.2 Å². The van der Waals surface area contributed by atoms with Gasteiger partial charge >= 0.3 is 0 Å². The molecule has 5 rings (SSSR count). The number of rotatable bonds is 5. The molecule has 0 radical (unpaired) electrons. The van der Waals surface area contributed by atoms with E-state index in [1.165, 1.54) is 6.07 Å². The van der Waals surface area contributed by atoms with Crippen molar-refractivity contribution in [2.24, 2.45) is 5.11 Å². The summed E-state index contributed by atoms with van der Waals surface area (Å²) in [6.45, 7) is 8.18. The number of carbonyl (C=O) groups excluding carboxylic acids is 1. The summed E-state index contributed by atoms with van der Waals surface area (Å²) in [6.07, 6.45) is 11.3. The van der Waals surface area contributed by atoms with Crippen molar-refractivity contribution in [1.29, 1.82) is 0 Å². The zero-order chi connectivity index (χ0) is 24.5. The monoisotopic (exact) mass is 472 g/mol. The lowest BCUT2D eigenvalue weighted by molar-refractivity contribution is -0.536. The molecular weight excluding hydrogens is 441 g/mol. The first-order valence-electron chi connectivity index (χ1n) is 12.3. The largest absolute Gasteiger partial charge is 0.349 e. The molecule has 7 heteroatoms. The average Bonchev–Trinajstić information content (AvgIpc) is 3.29. The molecule has 0 saturated carbocycles. The molecule has 3 aliphatic rings. The first kappa shape index (κ1) is 23.3. The number of aryl methyl sites for hydroxylation is 1. The minimum Gasteiger partial charge on any atom is -0.349 e. The van der Waals surface area contributed by atoms with Crippen LogP contribution in [0.15, 0.2) is 71.8 Å². The Hall–Kier alpha value is -3.45. The molecule has 2 aromatic rings. The van der Waals surface area contributed by atoms with E-state index in [9.17, 15) is 9.18 Å². The second-order valence-electron chi connectivity index (χ2n) is 9.70. The Morgan fingerprint density at radius 3 is 2.77 bits per heavy atom. The van der Waals surface area contributed by atoms with E-state index in [1.807, 2.05) is 30.5 Å². The smallest absolute Gasteiger partial charge is 0.256 e. The zero-order valence-corrected chi connectivity index (χ0v) is 20.4. The van der Waals surface area contributed by atoms with Gasteiger partial charge in [-0.1, -0.05) is 10.8 Å². The predicted octanol–water partition coefficient (Wildman–Crippen LogP) is 4.83. The molecule has 1 aromatic carbocycles. The molecule has 0 aliphatic carbocycles. The Labute approximate surface area is 205 Å². The Kier molecular flexibility index (Phi) is 6.43. The third-order valence-electron chi connectivity index (χ3n) is 7.09. The number of allylic oxidation sites excluding steroid dienone is 2. The Bertz CT molecular complexity index is 1270. The molecule has 1 aromatic heterocycles. The minimum atomic E-state index is -0.270. The maximum absolute atomic E-state index is 13.9. The third-order valence-corrected chi connectivity index (χ3v) is 7.09. The lowest BCUT2D eigenvalue weighted by Crippen LogP contribution is -2.47. The topological polar surface area (TPSA) is 60.6 Å². The van der Waals surface area contributed by atoms with Gasteiger partial charge in [0.15, 0.2) is 6.20 Å². The summed E-state index contributed by atoms with van der Waals surface area (Å²) in [5, 5.41) is 7.67. The number of aromatic nitrogens is 1. The van der Waals surface area contributed by atoms with Crippen LogP contribution in [0.4, 0.5) is 4.39 Å². The molecule has 3 aliphatic heterocycles. The molecule has 4 heterocycles. The number of hydrogen-bond donors (Lipinski definition) is 1. The lowest BCUT2D eigenvalue weighted by Gasteiger charge is -2.34. The summed E-state index contributed by atoms with van der Waals surface area (Å²) < 4.78 is 15.7. The van der Waals surface area contributed by atoms with Gasteiger partial charge in [-0.3, -0.25) is 9.78 Å². The number of piperidine rings is 1. The number of likely N-dealkylation sites (tertiary alicyclic amines) is 1. The molecule has 180 valence electrons. The van der Waals surface area contributed by atoms with Crippen LogP contribution in [0.1, 0.15) is 37.8 Å². The van der Waals surface area contributed by atoms with E-state index < -0.39 is 0 Å². The van der Waals surface area contributed by atoms with Crippen LogP contribution in [-0.4, -0.2) is 51.7 Å². The van der Waals surface area contributed by atoms with Gasteiger partial charge in [0.1, 0.15) is 17.6 Å². The van der Waals surface area contributed by atoms with Crippen LogP contribution in [0.3, 0.4) is 0 Å². The highest BCUT2D eigenvalue weighted by Gasteiger charge is 2.37. The second kappa shape index (κ2) is 9.66. The number of hydrogen-bond acceptors (Lipinski definition) is 4. The highest BCUT2D eigenvalue weighted by molar-refractivity contribution is 5.96. The first-order valence-corrected chi connectivity index (χ1v) is 12.3. The number of amides is 1. The van der Waals surface area contributed by atoms with Gasteiger partial charge in [-0.25, -0.2) is 4.39 Å². The standard InChI is InChI=1S/C28H30FN5O/c1-18(2)33-12-9-22(10-13-33)32-28(35)24-17-31-34-14-8-20(16-26(24)34)23-5-4-11-30-27(23)21-6-7-25(29)19(3)15-21/h4-8,11,14-18,22,26H,9-10,12-13H2,1-3H3/p+1. The van der Waals surface area contributed by atoms with Crippen molar-refractivity contribution in [2.45, 2.75) is 51.7 Å². The quantitative estimate of drug-likeness (QED) is 0.635. The number of azo groups is 2. The number of nitrogens with zero attached hydrogens (tertiary/aromatic N) is 4. The van der Waals surface area contributed by atoms with Crippen molar-refractivity contribution in [1.82, 2.24) is 15.2 Å². The van der Waals surface area contributed by atoms with Crippen molar-refractivity contribution in [3.05, 3.63) is 83.6 Å². The average molecular weight is 473 g/mol. The summed E-state index contributed by atoms with van der Waals surface area (Å²) >= 11 is 0. The second-order valence-corrected chi connectivity index (χ2v) is 9.70. The number of halogens is 1. The van der Waals surface area contributed by atoms with E-state index in [-0.39, 0.29) is 23.8 Å².